The fourth-order valence-electron chi connectivity index (χ4n) is 4.43. The lowest BCUT2D eigenvalue weighted by molar-refractivity contribution is -0.274. The van der Waals surface area contributed by atoms with E-state index in [4.69, 9.17) is 9.47 Å². The highest BCUT2D eigenvalue weighted by atomic mass is 19.4. The van der Waals surface area contributed by atoms with Crippen molar-refractivity contribution in [2.24, 2.45) is 5.92 Å². The molecule has 2 aliphatic rings. The lowest BCUT2D eigenvalue weighted by Crippen LogP contribution is -2.49. The maximum atomic E-state index is 13.2. The average molecular weight is 502 g/mol. The number of nitrogens with zero attached hydrogens (tertiary/aromatic N) is 1. The molecule has 2 amide bonds. The van der Waals surface area contributed by atoms with Crippen LogP contribution in [0, 0.1) is 5.92 Å². The molecule has 1 heterocycles. The number of rotatable bonds is 10. The van der Waals surface area contributed by atoms with Crippen LogP contribution in [0.3, 0.4) is 0 Å². The van der Waals surface area contributed by atoms with E-state index in [0.717, 1.165) is 25.7 Å². The van der Waals surface area contributed by atoms with Crippen LogP contribution in [0.15, 0.2) is 24.3 Å². The van der Waals surface area contributed by atoms with Crippen LogP contribution in [0.1, 0.15) is 44.9 Å². The highest BCUT2D eigenvalue weighted by Gasteiger charge is 2.31. The fraction of sp³-hybridized carbons (Fsp3) is 0.667. The Morgan fingerprint density at radius 2 is 1.86 bits per heavy atom. The van der Waals surface area contributed by atoms with E-state index in [-0.39, 0.29) is 17.8 Å². The fourth-order valence-corrected chi connectivity index (χ4v) is 4.43. The molecule has 196 valence electrons. The summed E-state index contributed by atoms with van der Waals surface area (Å²) >= 11 is 0. The minimum atomic E-state index is -4.74. The first-order valence-electron chi connectivity index (χ1n) is 12.1. The van der Waals surface area contributed by atoms with E-state index < -0.39 is 18.5 Å². The van der Waals surface area contributed by atoms with E-state index in [9.17, 15) is 22.8 Å². The van der Waals surface area contributed by atoms with Gasteiger partial charge in [-0.25, -0.2) is 4.79 Å². The molecule has 1 saturated carbocycles. The van der Waals surface area contributed by atoms with E-state index in [1.165, 1.54) is 30.7 Å². The van der Waals surface area contributed by atoms with Crippen LogP contribution >= 0.6 is 0 Å². The molecule has 0 bridgehead atoms. The lowest BCUT2D eigenvalue weighted by Gasteiger charge is -2.29. The Balaban J connectivity index is 1.50. The number of hydrogen-bond donors (Lipinski definition) is 2. The first-order valence-corrected chi connectivity index (χ1v) is 12.1. The summed E-state index contributed by atoms with van der Waals surface area (Å²) in [6, 6.07) is 4.70. The first kappa shape index (κ1) is 26.9. The number of anilines is 1. The summed E-state index contributed by atoms with van der Waals surface area (Å²) in [5.74, 6) is -0.134. The minimum absolute atomic E-state index is 0.203. The Morgan fingerprint density at radius 1 is 1.14 bits per heavy atom. The van der Waals surface area contributed by atoms with Crippen LogP contribution in [-0.2, 0) is 14.3 Å². The van der Waals surface area contributed by atoms with Crippen molar-refractivity contribution < 1.29 is 37.0 Å². The molecule has 2 fully saturated rings. The third-order valence-electron chi connectivity index (χ3n) is 6.29. The number of amides is 2. The maximum Gasteiger partial charge on any atom is 0.573 e. The van der Waals surface area contributed by atoms with Crippen LogP contribution < -0.4 is 15.4 Å². The number of benzene rings is 1. The van der Waals surface area contributed by atoms with Crippen LogP contribution in [0.5, 0.6) is 5.75 Å². The van der Waals surface area contributed by atoms with Crippen molar-refractivity contribution in [1.82, 2.24) is 10.2 Å². The van der Waals surface area contributed by atoms with E-state index in [1.807, 2.05) is 0 Å². The predicted octanol–water partition coefficient (Wildman–Crippen LogP) is 4.31. The minimum Gasteiger partial charge on any atom is -0.444 e. The Hall–Kier alpha value is -2.69. The summed E-state index contributed by atoms with van der Waals surface area (Å²) in [7, 11) is 1.66. The second-order valence-electron chi connectivity index (χ2n) is 9.09. The van der Waals surface area contributed by atoms with Crippen LogP contribution in [0.2, 0.25) is 0 Å². The zero-order chi connectivity index (χ0) is 25.3. The predicted molar refractivity (Wildman–Crippen MR) is 123 cm³/mol. The van der Waals surface area contributed by atoms with Crippen LogP contribution in [0.4, 0.5) is 23.7 Å². The van der Waals surface area contributed by atoms with Crippen molar-refractivity contribution >= 4 is 17.7 Å². The van der Waals surface area contributed by atoms with Gasteiger partial charge >= 0.3 is 12.5 Å². The van der Waals surface area contributed by atoms with E-state index in [1.54, 1.807) is 11.9 Å². The molecule has 1 saturated heterocycles. The molecule has 0 unspecified atom stereocenters. The molecule has 35 heavy (non-hydrogen) atoms. The number of ether oxygens (including phenoxy) is 3. The van der Waals surface area contributed by atoms with Gasteiger partial charge in [0.1, 0.15) is 17.9 Å². The number of halogens is 3. The van der Waals surface area contributed by atoms with Crippen LogP contribution in [0.25, 0.3) is 0 Å². The Morgan fingerprint density at radius 3 is 2.49 bits per heavy atom. The van der Waals surface area contributed by atoms with Gasteiger partial charge in [-0.2, -0.15) is 0 Å². The highest BCUT2D eigenvalue weighted by molar-refractivity contribution is 5.85. The summed E-state index contributed by atoms with van der Waals surface area (Å²) in [5, 5.41) is 5.84. The third kappa shape index (κ3) is 9.46. The summed E-state index contributed by atoms with van der Waals surface area (Å²) < 4.78 is 51.4. The molecular formula is C24H34F3N3O5. The van der Waals surface area contributed by atoms with Crippen molar-refractivity contribution in [1.29, 1.82) is 0 Å². The number of likely N-dealkylation sites (N-methyl/N-ethyl adjacent to an activating group) is 1. The molecule has 0 spiro atoms. The van der Waals surface area contributed by atoms with Gasteiger partial charge in [-0.15, -0.1) is 13.2 Å². The van der Waals surface area contributed by atoms with Gasteiger partial charge in [-0.05, 0) is 36.6 Å². The lowest BCUT2D eigenvalue weighted by atomic mass is 9.84. The summed E-state index contributed by atoms with van der Waals surface area (Å²) in [6.45, 7) is 1.63. The smallest absolute Gasteiger partial charge is 0.444 e. The molecular weight excluding hydrogens is 467 g/mol. The Bertz CT molecular complexity index is 810. The van der Waals surface area contributed by atoms with Gasteiger partial charge < -0.3 is 29.7 Å². The van der Waals surface area contributed by atoms with Crippen molar-refractivity contribution in [3.8, 4) is 5.75 Å². The Kier molecular flexibility index (Phi) is 9.88. The summed E-state index contributed by atoms with van der Waals surface area (Å²) in [4.78, 5) is 27.2. The second-order valence-corrected chi connectivity index (χ2v) is 9.09. The highest BCUT2D eigenvalue weighted by Crippen LogP contribution is 2.28. The van der Waals surface area contributed by atoms with Gasteiger partial charge in [0.25, 0.3) is 0 Å². The molecule has 3 rings (SSSR count). The van der Waals surface area contributed by atoms with Gasteiger partial charge in [0.2, 0.25) is 5.91 Å². The van der Waals surface area contributed by atoms with E-state index in [0.29, 0.717) is 50.8 Å². The number of nitrogens with one attached hydrogen (secondary N) is 2. The standard InChI is InChI=1S/C24H34F3N3O5/c1-30(13-12-28-18-7-9-19(10-8-18)35-24(25,26)27)22(31)21(15-17-5-3-2-4-6-17)29-23(32)34-20-11-14-33-16-20/h7-10,17,20-21,28H,2-6,11-16H2,1H3,(H,29,32)/t20-,21+/m1/s1. The van der Waals surface area contributed by atoms with E-state index in [2.05, 4.69) is 15.4 Å². The van der Waals surface area contributed by atoms with Gasteiger partial charge in [-0.3, -0.25) is 4.79 Å². The zero-order valence-corrected chi connectivity index (χ0v) is 19.9. The van der Waals surface area contributed by atoms with E-state index >= 15 is 0 Å². The number of alkyl halides is 3. The van der Waals surface area contributed by atoms with Gasteiger partial charge in [0, 0.05) is 32.2 Å². The average Bonchev–Trinajstić information content (AvgIpc) is 3.32. The zero-order valence-electron chi connectivity index (χ0n) is 19.9. The first-order chi connectivity index (χ1) is 16.7. The second kappa shape index (κ2) is 12.9. The molecule has 1 aromatic carbocycles. The molecule has 2 atom stereocenters. The monoisotopic (exact) mass is 501 g/mol. The number of carbonyl (C=O) groups is 2. The molecule has 8 nitrogen and oxygen atoms in total. The van der Waals surface area contributed by atoms with Gasteiger partial charge in [0.05, 0.1) is 13.2 Å². The molecule has 1 aliphatic carbocycles. The number of carbonyl (C=O) groups excluding carboxylic acids is 2. The molecule has 2 N–H and O–H groups in total. The van der Waals surface area contributed by atoms with Crippen molar-refractivity contribution in [3.63, 3.8) is 0 Å². The normalized spacial score (nSPS) is 19.6. The van der Waals surface area contributed by atoms with Crippen molar-refractivity contribution in [2.75, 3.05) is 38.7 Å². The molecule has 11 heteroatoms. The summed E-state index contributed by atoms with van der Waals surface area (Å²) in [6.07, 6.45) is 1.09. The largest absolute Gasteiger partial charge is 0.573 e. The number of hydrogen-bond acceptors (Lipinski definition) is 6. The molecule has 1 aromatic rings. The summed E-state index contributed by atoms with van der Waals surface area (Å²) in [5.41, 5.74) is 0.597. The quantitative estimate of drug-likeness (QED) is 0.497. The van der Waals surface area contributed by atoms with Gasteiger partial charge in [0.15, 0.2) is 0 Å². The van der Waals surface area contributed by atoms with Crippen LogP contribution in [-0.4, -0.2) is 68.8 Å². The SMILES string of the molecule is CN(CCNc1ccc(OC(F)(F)F)cc1)C(=O)[C@H](CC1CCCCC1)NC(=O)O[C@@H]1CCOC1. The van der Waals surface area contributed by atoms with Gasteiger partial charge in [-0.1, -0.05) is 32.1 Å². The Labute approximate surface area is 203 Å². The van der Waals surface area contributed by atoms with Crippen molar-refractivity contribution in [3.05, 3.63) is 24.3 Å². The number of alkyl carbamates (subject to hydrolysis) is 1. The third-order valence-corrected chi connectivity index (χ3v) is 6.29. The molecule has 0 aromatic heterocycles. The maximum absolute atomic E-state index is 13.2. The topological polar surface area (TPSA) is 89.1 Å². The molecule has 1 aliphatic heterocycles. The van der Waals surface area contributed by atoms with Crippen molar-refractivity contribution in [2.45, 2.75) is 63.5 Å². The molecule has 0 radical (unpaired) electrons.